The Hall–Kier alpha value is -1.42. The van der Waals surface area contributed by atoms with Gasteiger partial charge < -0.3 is 4.90 Å². The number of rotatable bonds is 2. The van der Waals surface area contributed by atoms with Crippen LogP contribution in [0.5, 0.6) is 0 Å². The second kappa shape index (κ2) is 4.22. The maximum atomic E-state index is 4.35. The second-order valence-electron chi connectivity index (χ2n) is 3.93. The van der Waals surface area contributed by atoms with Crippen LogP contribution in [0.4, 0.5) is 5.82 Å². The summed E-state index contributed by atoms with van der Waals surface area (Å²) in [6.07, 6.45) is 4.22. The minimum Gasteiger partial charge on any atom is -0.357 e. The van der Waals surface area contributed by atoms with Gasteiger partial charge in [-0.1, -0.05) is 6.07 Å². The summed E-state index contributed by atoms with van der Waals surface area (Å²) in [6, 6.07) is 6.25. The number of anilines is 1. The fourth-order valence-electron chi connectivity index (χ4n) is 2.03. The van der Waals surface area contributed by atoms with E-state index in [4.69, 9.17) is 0 Å². The molecule has 3 rings (SSSR count). The molecule has 3 heterocycles. The highest BCUT2D eigenvalue weighted by Crippen LogP contribution is 2.26. The van der Waals surface area contributed by atoms with Crippen molar-refractivity contribution in [3.05, 3.63) is 29.9 Å². The summed E-state index contributed by atoms with van der Waals surface area (Å²) in [7, 11) is 0. The van der Waals surface area contributed by atoms with Crippen LogP contribution in [0.3, 0.4) is 0 Å². The van der Waals surface area contributed by atoms with Crippen LogP contribution in [-0.4, -0.2) is 23.1 Å². The molecule has 2 aromatic rings. The van der Waals surface area contributed by atoms with Crippen LogP contribution in [0.25, 0.3) is 10.6 Å². The molecule has 0 N–H and O–H groups in total. The zero-order valence-electron chi connectivity index (χ0n) is 8.97. The van der Waals surface area contributed by atoms with Gasteiger partial charge in [0.15, 0.2) is 0 Å². The lowest BCUT2D eigenvalue weighted by atomic mass is 10.3. The average Bonchev–Trinajstić information content (AvgIpc) is 3.03. The first kappa shape index (κ1) is 9.78. The van der Waals surface area contributed by atoms with E-state index < -0.39 is 0 Å². The van der Waals surface area contributed by atoms with Crippen molar-refractivity contribution in [2.75, 3.05) is 18.0 Å². The molecule has 82 valence electrons. The summed E-state index contributed by atoms with van der Waals surface area (Å²) in [5.74, 6) is 1.07. The lowest BCUT2D eigenvalue weighted by Gasteiger charge is -2.16. The zero-order chi connectivity index (χ0) is 10.8. The van der Waals surface area contributed by atoms with Crippen LogP contribution in [0.1, 0.15) is 12.8 Å². The highest BCUT2D eigenvalue weighted by atomic mass is 32.1. The normalized spacial score (nSPS) is 15.6. The Bertz CT molecular complexity index is 461. The minimum atomic E-state index is 1.03. The van der Waals surface area contributed by atoms with Gasteiger partial charge in [-0.15, -0.1) is 11.3 Å². The number of hydrogen-bond acceptors (Lipinski definition) is 4. The smallest absolute Gasteiger partial charge is 0.132 e. The van der Waals surface area contributed by atoms with E-state index in [1.54, 1.807) is 17.7 Å². The summed E-state index contributed by atoms with van der Waals surface area (Å²) in [5.41, 5.74) is 1.03. The molecule has 1 saturated heterocycles. The van der Waals surface area contributed by atoms with Gasteiger partial charge in [-0.25, -0.2) is 9.97 Å². The largest absolute Gasteiger partial charge is 0.357 e. The van der Waals surface area contributed by atoms with Gasteiger partial charge in [0.25, 0.3) is 0 Å². The molecule has 1 aliphatic rings. The Labute approximate surface area is 98.8 Å². The molecule has 0 atom stereocenters. The van der Waals surface area contributed by atoms with Crippen LogP contribution >= 0.6 is 11.3 Å². The van der Waals surface area contributed by atoms with Crippen molar-refractivity contribution in [2.45, 2.75) is 12.8 Å². The lowest BCUT2D eigenvalue weighted by molar-refractivity contribution is 0.929. The van der Waals surface area contributed by atoms with Crippen molar-refractivity contribution in [2.24, 2.45) is 0 Å². The van der Waals surface area contributed by atoms with Gasteiger partial charge >= 0.3 is 0 Å². The minimum absolute atomic E-state index is 1.03. The van der Waals surface area contributed by atoms with Crippen molar-refractivity contribution in [3.63, 3.8) is 0 Å². The van der Waals surface area contributed by atoms with Crippen molar-refractivity contribution in [3.8, 4) is 10.6 Å². The van der Waals surface area contributed by atoms with Gasteiger partial charge in [-0.3, -0.25) is 0 Å². The highest BCUT2D eigenvalue weighted by molar-refractivity contribution is 7.13. The first-order valence-electron chi connectivity index (χ1n) is 5.54. The molecule has 0 amide bonds. The van der Waals surface area contributed by atoms with E-state index in [0.29, 0.717) is 0 Å². The third-order valence-electron chi connectivity index (χ3n) is 2.86. The monoisotopic (exact) mass is 231 g/mol. The summed E-state index contributed by atoms with van der Waals surface area (Å²) in [4.78, 5) is 12.2. The molecule has 4 heteroatoms. The van der Waals surface area contributed by atoms with E-state index in [2.05, 4.69) is 38.4 Å². The summed E-state index contributed by atoms with van der Waals surface area (Å²) >= 11 is 1.72. The van der Waals surface area contributed by atoms with Crippen molar-refractivity contribution in [1.29, 1.82) is 0 Å². The van der Waals surface area contributed by atoms with E-state index in [0.717, 1.165) is 24.6 Å². The molecular formula is C12H13N3S. The summed E-state index contributed by atoms with van der Waals surface area (Å²) < 4.78 is 0. The fraction of sp³-hybridized carbons (Fsp3) is 0.333. The Morgan fingerprint density at radius 3 is 2.81 bits per heavy atom. The second-order valence-corrected chi connectivity index (χ2v) is 4.88. The Morgan fingerprint density at radius 2 is 2.06 bits per heavy atom. The quantitative estimate of drug-likeness (QED) is 0.796. The van der Waals surface area contributed by atoms with E-state index in [1.807, 2.05) is 0 Å². The van der Waals surface area contributed by atoms with Crippen LogP contribution in [0.15, 0.2) is 29.9 Å². The summed E-state index contributed by atoms with van der Waals surface area (Å²) in [5, 5.41) is 2.08. The Balaban J connectivity index is 1.93. The van der Waals surface area contributed by atoms with Gasteiger partial charge in [0.2, 0.25) is 0 Å². The third kappa shape index (κ3) is 1.80. The van der Waals surface area contributed by atoms with Gasteiger partial charge in [-0.2, -0.15) is 0 Å². The topological polar surface area (TPSA) is 29.0 Å². The molecule has 0 radical (unpaired) electrons. The van der Waals surface area contributed by atoms with Crippen molar-refractivity contribution >= 4 is 17.2 Å². The fourth-order valence-corrected chi connectivity index (χ4v) is 2.72. The molecule has 2 aromatic heterocycles. The van der Waals surface area contributed by atoms with Crippen LogP contribution < -0.4 is 4.90 Å². The van der Waals surface area contributed by atoms with Gasteiger partial charge in [-0.05, 0) is 24.3 Å². The van der Waals surface area contributed by atoms with E-state index in [-0.39, 0.29) is 0 Å². The molecule has 0 aliphatic carbocycles. The Kier molecular flexibility index (Phi) is 2.58. The number of nitrogens with zero attached hydrogens (tertiary/aromatic N) is 3. The van der Waals surface area contributed by atoms with Crippen LogP contribution in [0.2, 0.25) is 0 Å². The standard InChI is InChI=1S/C12H13N3S/c1-2-6-15(5-1)12-8-10(13-9-14-12)11-4-3-7-16-11/h3-4,7-9H,1-2,5-6H2. The maximum Gasteiger partial charge on any atom is 0.132 e. The Morgan fingerprint density at radius 1 is 1.19 bits per heavy atom. The highest BCUT2D eigenvalue weighted by Gasteiger charge is 2.14. The van der Waals surface area contributed by atoms with Crippen LogP contribution in [-0.2, 0) is 0 Å². The molecule has 0 saturated carbocycles. The molecule has 0 spiro atoms. The number of aromatic nitrogens is 2. The van der Waals surface area contributed by atoms with E-state index >= 15 is 0 Å². The molecule has 0 aromatic carbocycles. The number of thiophene rings is 1. The van der Waals surface area contributed by atoms with Gasteiger partial charge in [0, 0.05) is 19.2 Å². The lowest BCUT2D eigenvalue weighted by Crippen LogP contribution is -2.18. The van der Waals surface area contributed by atoms with Gasteiger partial charge in [0.1, 0.15) is 12.1 Å². The van der Waals surface area contributed by atoms with E-state index in [9.17, 15) is 0 Å². The average molecular weight is 231 g/mol. The molecule has 16 heavy (non-hydrogen) atoms. The first-order chi connectivity index (χ1) is 7.93. The molecule has 1 aliphatic heterocycles. The van der Waals surface area contributed by atoms with Crippen molar-refractivity contribution < 1.29 is 0 Å². The van der Waals surface area contributed by atoms with E-state index in [1.165, 1.54) is 17.7 Å². The predicted molar refractivity (Wildman–Crippen MR) is 66.8 cm³/mol. The summed E-state index contributed by atoms with van der Waals surface area (Å²) in [6.45, 7) is 2.25. The molecule has 0 bridgehead atoms. The molecule has 0 unspecified atom stereocenters. The third-order valence-corrected chi connectivity index (χ3v) is 3.75. The SMILES string of the molecule is c1csc(-c2cc(N3CCCC3)ncn2)c1. The molecular weight excluding hydrogens is 218 g/mol. The van der Waals surface area contributed by atoms with Crippen LogP contribution in [0, 0.1) is 0 Å². The van der Waals surface area contributed by atoms with Crippen molar-refractivity contribution in [1.82, 2.24) is 9.97 Å². The number of hydrogen-bond donors (Lipinski definition) is 0. The first-order valence-corrected chi connectivity index (χ1v) is 6.42. The molecule has 1 fully saturated rings. The maximum absolute atomic E-state index is 4.35. The predicted octanol–water partition coefficient (Wildman–Crippen LogP) is 2.81. The van der Waals surface area contributed by atoms with Gasteiger partial charge in [0.05, 0.1) is 10.6 Å². The molecule has 3 nitrogen and oxygen atoms in total. The zero-order valence-corrected chi connectivity index (χ0v) is 9.78.